The topological polar surface area (TPSA) is 62.0 Å². The molecule has 4 nitrogen and oxygen atoms in total. The molecule has 2 amide bonds. The molecule has 2 fully saturated rings. The Morgan fingerprint density at radius 3 is 2.75 bits per heavy atom. The van der Waals surface area contributed by atoms with Crippen molar-refractivity contribution in [3.63, 3.8) is 0 Å². The normalized spacial score (nSPS) is 32.0. The predicted molar refractivity (Wildman–Crippen MR) is 94.7 cm³/mol. The number of carbonyl (C=O) groups is 2. The summed E-state index contributed by atoms with van der Waals surface area (Å²) in [7, 11) is 0. The number of hydrogen-bond donors (Lipinski definition) is 2. The minimum absolute atomic E-state index is 0.0626. The Labute approximate surface area is 148 Å². The molecule has 4 atom stereocenters. The van der Waals surface area contributed by atoms with Crippen LogP contribution >= 0.6 is 15.9 Å². The third-order valence-corrected chi connectivity index (χ3v) is 6.73. The summed E-state index contributed by atoms with van der Waals surface area (Å²) < 4.78 is 1.05. The first-order valence-corrected chi connectivity index (χ1v) is 9.60. The molecule has 3 aliphatic rings. The number of aromatic amines is 1. The Kier molecular flexibility index (Phi) is 3.18. The van der Waals surface area contributed by atoms with Crippen LogP contribution in [0.3, 0.4) is 0 Å². The van der Waals surface area contributed by atoms with Crippen LogP contribution in [0.2, 0.25) is 0 Å². The average Bonchev–Trinajstić information content (AvgIpc) is 2.94. The molecule has 1 aliphatic heterocycles. The van der Waals surface area contributed by atoms with Gasteiger partial charge in [0, 0.05) is 21.1 Å². The first-order valence-electron chi connectivity index (χ1n) is 8.81. The van der Waals surface area contributed by atoms with E-state index in [2.05, 4.69) is 38.4 Å². The number of nitrogens with one attached hydrogen (secondary N) is 2. The van der Waals surface area contributed by atoms with E-state index in [1.54, 1.807) is 0 Å². The number of amides is 2. The molecule has 2 N–H and O–H groups in total. The predicted octanol–water partition coefficient (Wildman–Crippen LogP) is 3.96. The molecule has 2 aromatic rings. The summed E-state index contributed by atoms with van der Waals surface area (Å²) in [5, 5.41) is 3.81. The minimum Gasteiger partial charge on any atom is -0.357 e. The maximum absolute atomic E-state index is 12.5. The summed E-state index contributed by atoms with van der Waals surface area (Å²) in [5.74, 6) is -0.0486. The summed E-state index contributed by atoms with van der Waals surface area (Å²) in [6.45, 7) is 0. The van der Waals surface area contributed by atoms with Crippen molar-refractivity contribution in [3.8, 4) is 0 Å². The maximum Gasteiger partial charge on any atom is 0.236 e. The van der Waals surface area contributed by atoms with Crippen LogP contribution in [0.1, 0.15) is 55.2 Å². The summed E-state index contributed by atoms with van der Waals surface area (Å²) in [6.07, 6.45) is 5.75. The van der Waals surface area contributed by atoms with Gasteiger partial charge in [-0.05, 0) is 48.4 Å². The molecule has 0 radical (unpaired) electrons. The molecule has 124 valence electrons. The number of imide groups is 1. The van der Waals surface area contributed by atoms with Crippen molar-refractivity contribution in [1.29, 1.82) is 0 Å². The molecule has 1 saturated heterocycles. The van der Waals surface area contributed by atoms with Crippen LogP contribution in [0.15, 0.2) is 22.7 Å². The Morgan fingerprint density at radius 2 is 1.88 bits per heavy atom. The zero-order valence-corrected chi connectivity index (χ0v) is 14.9. The molecule has 1 aromatic heterocycles. The first-order chi connectivity index (χ1) is 11.6. The number of H-pyrrole nitrogens is 1. The zero-order chi connectivity index (χ0) is 16.4. The van der Waals surface area contributed by atoms with E-state index in [-0.39, 0.29) is 29.6 Å². The van der Waals surface area contributed by atoms with Gasteiger partial charge < -0.3 is 4.98 Å². The fourth-order valence-corrected chi connectivity index (χ4v) is 5.69. The fourth-order valence-electron chi connectivity index (χ4n) is 5.32. The summed E-state index contributed by atoms with van der Waals surface area (Å²) in [5.41, 5.74) is 3.35. The lowest BCUT2D eigenvalue weighted by atomic mass is 9.64. The third-order valence-electron chi connectivity index (χ3n) is 6.23. The second-order valence-electron chi connectivity index (χ2n) is 7.41. The number of fused-ring (bicyclic) bond motifs is 8. The van der Waals surface area contributed by atoms with Gasteiger partial charge in [0.25, 0.3) is 0 Å². The van der Waals surface area contributed by atoms with Crippen molar-refractivity contribution in [2.75, 3.05) is 0 Å². The quantitative estimate of drug-likeness (QED) is 0.672. The second kappa shape index (κ2) is 5.19. The summed E-state index contributed by atoms with van der Waals surface area (Å²) in [4.78, 5) is 28.5. The highest BCUT2D eigenvalue weighted by molar-refractivity contribution is 9.10. The molecule has 5 rings (SSSR count). The molecule has 0 spiro atoms. The van der Waals surface area contributed by atoms with Crippen LogP contribution in [0.5, 0.6) is 0 Å². The van der Waals surface area contributed by atoms with Crippen LogP contribution in [-0.2, 0) is 9.59 Å². The van der Waals surface area contributed by atoms with Gasteiger partial charge >= 0.3 is 0 Å². The van der Waals surface area contributed by atoms with E-state index in [0.717, 1.165) is 34.9 Å². The molecule has 1 aromatic carbocycles. The van der Waals surface area contributed by atoms with Crippen LogP contribution in [-0.4, -0.2) is 16.8 Å². The second-order valence-corrected chi connectivity index (χ2v) is 8.32. The van der Waals surface area contributed by atoms with Crippen LogP contribution in [0.25, 0.3) is 10.9 Å². The minimum atomic E-state index is -0.335. The Balaban J connectivity index is 1.80. The number of halogens is 1. The highest BCUT2D eigenvalue weighted by Gasteiger charge is 2.54. The molecular formula is C19H19BrN2O2. The average molecular weight is 387 g/mol. The van der Waals surface area contributed by atoms with Crippen molar-refractivity contribution < 1.29 is 9.59 Å². The number of aromatic nitrogens is 1. The van der Waals surface area contributed by atoms with Crippen LogP contribution in [0.4, 0.5) is 0 Å². The van der Waals surface area contributed by atoms with Gasteiger partial charge in [-0.25, -0.2) is 0 Å². The van der Waals surface area contributed by atoms with Crippen molar-refractivity contribution in [1.82, 2.24) is 10.3 Å². The van der Waals surface area contributed by atoms with Gasteiger partial charge in [0.15, 0.2) is 0 Å². The molecule has 2 heterocycles. The molecule has 4 unspecified atom stereocenters. The monoisotopic (exact) mass is 386 g/mol. The Hall–Kier alpha value is -1.62. The van der Waals surface area contributed by atoms with E-state index in [9.17, 15) is 9.59 Å². The maximum atomic E-state index is 12.5. The highest BCUT2D eigenvalue weighted by Crippen LogP contribution is 2.55. The Morgan fingerprint density at radius 1 is 1.04 bits per heavy atom. The van der Waals surface area contributed by atoms with Gasteiger partial charge in [-0.1, -0.05) is 35.2 Å². The van der Waals surface area contributed by atoms with Crippen molar-refractivity contribution in [3.05, 3.63) is 33.9 Å². The molecule has 24 heavy (non-hydrogen) atoms. The lowest BCUT2D eigenvalue weighted by molar-refractivity contribution is -0.126. The van der Waals surface area contributed by atoms with Gasteiger partial charge in [0.2, 0.25) is 11.8 Å². The zero-order valence-electron chi connectivity index (χ0n) is 13.3. The number of benzene rings is 1. The van der Waals surface area contributed by atoms with E-state index in [4.69, 9.17) is 0 Å². The smallest absolute Gasteiger partial charge is 0.236 e. The van der Waals surface area contributed by atoms with E-state index < -0.39 is 0 Å². The van der Waals surface area contributed by atoms with Gasteiger partial charge in [-0.15, -0.1) is 0 Å². The van der Waals surface area contributed by atoms with Gasteiger partial charge in [0.05, 0.1) is 11.8 Å². The van der Waals surface area contributed by atoms with E-state index in [1.165, 1.54) is 23.8 Å². The first kappa shape index (κ1) is 14.7. The lowest BCUT2D eigenvalue weighted by Gasteiger charge is -2.37. The van der Waals surface area contributed by atoms with Crippen LogP contribution < -0.4 is 5.32 Å². The van der Waals surface area contributed by atoms with Crippen molar-refractivity contribution in [2.24, 2.45) is 11.8 Å². The number of rotatable bonds is 0. The number of hydrogen-bond acceptors (Lipinski definition) is 2. The fraction of sp³-hybridized carbons (Fsp3) is 0.474. The van der Waals surface area contributed by atoms with Crippen molar-refractivity contribution in [2.45, 2.75) is 43.9 Å². The Bertz CT molecular complexity index is 872. The third kappa shape index (κ3) is 1.91. The van der Waals surface area contributed by atoms with E-state index in [1.807, 2.05) is 6.07 Å². The highest BCUT2D eigenvalue weighted by atomic mass is 79.9. The van der Waals surface area contributed by atoms with Gasteiger partial charge in [-0.3, -0.25) is 14.9 Å². The summed E-state index contributed by atoms with van der Waals surface area (Å²) >= 11 is 3.58. The van der Waals surface area contributed by atoms with Crippen LogP contribution in [0, 0.1) is 11.8 Å². The molecule has 1 saturated carbocycles. The molecule has 0 bridgehead atoms. The van der Waals surface area contributed by atoms with E-state index in [0.29, 0.717) is 5.92 Å². The summed E-state index contributed by atoms with van der Waals surface area (Å²) in [6, 6.07) is 6.24. The molecule has 2 aliphatic carbocycles. The SMILES string of the molecule is O=C1NC(=O)C2C1c1[nH]c3ccc(Br)cc3c1C1CCCCCC12. The largest absolute Gasteiger partial charge is 0.357 e. The van der Waals surface area contributed by atoms with E-state index >= 15 is 0 Å². The van der Waals surface area contributed by atoms with Gasteiger partial charge in [-0.2, -0.15) is 0 Å². The lowest BCUT2D eigenvalue weighted by Crippen LogP contribution is -2.35. The molecular weight excluding hydrogens is 368 g/mol. The van der Waals surface area contributed by atoms with Gasteiger partial charge in [0.1, 0.15) is 0 Å². The number of carbonyl (C=O) groups excluding carboxylic acids is 2. The standard InChI is InChI=1S/C19H19BrN2O2/c20-9-6-7-13-12(8-9)14-10-4-2-1-3-5-11(10)15-16(17(14)21-13)19(24)22-18(15)23/h6-8,10-11,15-16,21H,1-5H2,(H,22,23,24). The molecule has 5 heteroatoms. The van der Waals surface area contributed by atoms with Crippen molar-refractivity contribution >= 4 is 38.6 Å².